The molecule has 214 valence electrons. The minimum absolute atomic E-state index is 0.0104. The van der Waals surface area contributed by atoms with Crippen molar-refractivity contribution in [3.63, 3.8) is 0 Å². The largest absolute Gasteiger partial charge is 0.390 e. The average Bonchev–Trinajstić information content (AvgIpc) is 2.87. The molecular formula is C25H28ClF5N4O3S. The first-order chi connectivity index (χ1) is 18.3. The van der Waals surface area contributed by atoms with Crippen LogP contribution in [0, 0.1) is 11.6 Å². The number of sulfone groups is 1. The second-order valence-corrected chi connectivity index (χ2v) is 12.4. The highest BCUT2D eigenvalue weighted by Crippen LogP contribution is 2.31. The number of halogens is 6. The van der Waals surface area contributed by atoms with Crippen molar-refractivity contribution in [1.82, 2.24) is 9.80 Å². The lowest BCUT2D eigenvalue weighted by molar-refractivity contribution is -0.138. The molecule has 2 aromatic rings. The van der Waals surface area contributed by atoms with Crippen molar-refractivity contribution in [2.24, 2.45) is 0 Å². The van der Waals surface area contributed by atoms with Crippen LogP contribution in [0.4, 0.5) is 33.3 Å². The van der Waals surface area contributed by atoms with E-state index in [9.17, 15) is 35.2 Å². The summed E-state index contributed by atoms with van der Waals surface area (Å²) in [5.74, 6) is -3.48. The Morgan fingerprint density at radius 2 is 1.59 bits per heavy atom. The topological polar surface area (TPSA) is 73.0 Å². The number of hydrogen-bond acceptors (Lipinski definition) is 6. The van der Waals surface area contributed by atoms with E-state index in [1.54, 1.807) is 15.9 Å². The summed E-state index contributed by atoms with van der Waals surface area (Å²) in [5.41, 5.74) is 0.324. The first-order valence-corrected chi connectivity index (χ1v) is 14.6. The van der Waals surface area contributed by atoms with E-state index in [-0.39, 0.29) is 43.2 Å². The minimum atomic E-state index is -4.23. The average molecular weight is 595 g/mol. The van der Waals surface area contributed by atoms with Crippen molar-refractivity contribution in [3.05, 3.63) is 58.1 Å². The molecule has 0 aliphatic carbocycles. The molecular weight excluding hydrogens is 567 g/mol. The summed E-state index contributed by atoms with van der Waals surface area (Å²) < 4.78 is 90.7. The van der Waals surface area contributed by atoms with Crippen LogP contribution in [-0.2, 0) is 16.4 Å². The van der Waals surface area contributed by atoms with Crippen LogP contribution in [0.25, 0.3) is 0 Å². The van der Waals surface area contributed by atoms with Crippen LogP contribution in [0.15, 0.2) is 30.3 Å². The van der Waals surface area contributed by atoms with Crippen LogP contribution in [0.1, 0.15) is 22.3 Å². The third-order valence-electron chi connectivity index (χ3n) is 6.87. The third kappa shape index (κ3) is 7.80. The van der Waals surface area contributed by atoms with Gasteiger partial charge in [-0.3, -0.25) is 14.6 Å². The van der Waals surface area contributed by atoms with Gasteiger partial charge in [-0.25, -0.2) is 17.2 Å². The van der Waals surface area contributed by atoms with E-state index >= 15 is 0 Å². The number of amides is 1. The fourth-order valence-electron chi connectivity index (χ4n) is 4.60. The predicted octanol–water partition coefficient (Wildman–Crippen LogP) is 4.18. The number of rotatable bonds is 7. The van der Waals surface area contributed by atoms with Crippen molar-refractivity contribution >= 4 is 38.7 Å². The van der Waals surface area contributed by atoms with Gasteiger partial charge in [-0.2, -0.15) is 13.2 Å². The fraction of sp³-hybridized carbons (Fsp3) is 0.480. The number of anilines is 2. The summed E-state index contributed by atoms with van der Waals surface area (Å²) in [7, 11) is -3.12. The van der Waals surface area contributed by atoms with E-state index in [4.69, 9.17) is 11.6 Å². The molecule has 2 fully saturated rings. The molecule has 1 amide bonds. The second-order valence-electron chi connectivity index (χ2n) is 9.64. The van der Waals surface area contributed by atoms with Gasteiger partial charge >= 0.3 is 6.18 Å². The number of carbonyl (C=O) groups excluding carboxylic acids is 1. The molecule has 7 nitrogen and oxygen atoms in total. The maximum absolute atomic E-state index is 14.9. The summed E-state index contributed by atoms with van der Waals surface area (Å²) in [4.78, 5) is 18.2. The van der Waals surface area contributed by atoms with E-state index in [0.717, 1.165) is 0 Å². The monoisotopic (exact) mass is 594 g/mol. The van der Waals surface area contributed by atoms with E-state index in [1.807, 2.05) is 4.90 Å². The Hall–Kier alpha value is -2.48. The summed E-state index contributed by atoms with van der Waals surface area (Å²) in [6, 6.07) is 7.14. The Labute approximate surface area is 228 Å². The maximum Gasteiger partial charge on any atom is 0.390 e. The summed E-state index contributed by atoms with van der Waals surface area (Å²) >= 11 is 6.16. The third-order valence-corrected chi connectivity index (χ3v) is 8.71. The van der Waals surface area contributed by atoms with Crippen molar-refractivity contribution < 1.29 is 35.2 Å². The van der Waals surface area contributed by atoms with Gasteiger partial charge in [-0.05, 0) is 24.3 Å². The normalized spacial score (nSPS) is 18.8. The Balaban J connectivity index is 1.43. The van der Waals surface area contributed by atoms with Crippen molar-refractivity contribution in [1.29, 1.82) is 0 Å². The molecule has 2 aliphatic rings. The van der Waals surface area contributed by atoms with Crippen LogP contribution in [0.3, 0.4) is 0 Å². The van der Waals surface area contributed by atoms with Crippen molar-refractivity contribution in [2.75, 3.05) is 67.5 Å². The molecule has 4 rings (SSSR count). The van der Waals surface area contributed by atoms with Crippen molar-refractivity contribution in [2.45, 2.75) is 19.1 Å². The molecule has 2 heterocycles. The lowest BCUT2D eigenvalue weighted by atomic mass is 10.1. The van der Waals surface area contributed by atoms with Gasteiger partial charge in [-0.1, -0.05) is 17.7 Å². The predicted molar refractivity (Wildman–Crippen MR) is 139 cm³/mol. The van der Waals surface area contributed by atoms with E-state index in [0.29, 0.717) is 42.6 Å². The van der Waals surface area contributed by atoms with Gasteiger partial charge in [0.15, 0.2) is 21.5 Å². The molecule has 0 unspecified atom stereocenters. The van der Waals surface area contributed by atoms with Gasteiger partial charge in [0.1, 0.15) is 0 Å². The van der Waals surface area contributed by atoms with Crippen LogP contribution in [-0.4, -0.2) is 87.6 Å². The minimum Gasteiger partial charge on any atom is -0.367 e. The quantitative estimate of drug-likeness (QED) is 0.485. The van der Waals surface area contributed by atoms with Crippen molar-refractivity contribution in [3.8, 4) is 0 Å². The number of nitrogens with zero attached hydrogens (tertiary/aromatic N) is 3. The number of benzene rings is 2. The number of hydrogen-bond donors (Lipinski definition) is 1. The number of piperazine rings is 1. The summed E-state index contributed by atoms with van der Waals surface area (Å²) in [6.45, 7) is 1.85. The summed E-state index contributed by atoms with van der Waals surface area (Å²) in [5, 5.41) is 2.97. The first-order valence-electron chi connectivity index (χ1n) is 12.4. The molecule has 2 aliphatic heterocycles. The smallest absolute Gasteiger partial charge is 0.367 e. The molecule has 0 radical (unpaired) electrons. The first kappa shape index (κ1) is 29.5. The molecule has 0 aromatic heterocycles. The van der Waals surface area contributed by atoms with Gasteiger partial charge in [0.25, 0.3) is 5.91 Å². The SMILES string of the molecule is O=C(Nc1ccc(Cl)cc1N1CCN(CCC(F)(F)F)CC1)c1ccc(CN2CCS(=O)(=O)CC2)c(F)c1F. The molecule has 0 bridgehead atoms. The molecule has 0 spiro atoms. The lowest BCUT2D eigenvalue weighted by Gasteiger charge is -2.37. The van der Waals surface area contributed by atoms with Gasteiger partial charge in [0.05, 0.1) is 34.9 Å². The fourth-order valence-corrected chi connectivity index (χ4v) is 6.04. The maximum atomic E-state index is 14.9. The van der Waals surface area contributed by atoms with Gasteiger partial charge in [-0.15, -0.1) is 0 Å². The Morgan fingerprint density at radius 1 is 0.923 bits per heavy atom. The van der Waals surface area contributed by atoms with Crippen LogP contribution in [0.2, 0.25) is 5.02 Å². The highest BCUT2D eigenvalue weighted by molar-refractivity contribution is 7.91. The van der Waals surface area contributed by atoms with Gasteiger partial charge < -0.3 is 10.2 Å². The molecule has 0 saturated carbocycles. The lowest BCUT2D eigenvalue weighted by Crippen LogP contribution is -2.47. The Morgan fingerprint density at radius 3 is 2.23 bits per heavy atom. The zero-order valence-corrected chi connectivity index (χ0v) is 22.5. The van der Waals surface area contributed by atoms with Gasteiger partial charge in [0.2, 0.25) is 0 Å². The zero-order chi connectivity index (χ0) is 28.4. The molecule has 1 N–H and O–H groups in total. The summed E-state index contributed by atoms with van der Waals surface area (Å²) in [6.07, 6.45) is -5.13. The Bertz CT molecular complexity index is 1300. The van der Waals surface area contributed by atoms with Crippen LogP contribution in [0.5, 0.6) is 0 Å². The van der Waals surface area contributed by atoms with E-state index in [1.165, 1.54) is 24.3 Å². The molecule has 0 atom stereocenters. The number of carbonyl (C=O) groups is 1. The van der Waals surface area contributed by atoms with E-state index in [2.05, 4.69) is 5.32 Å². The Kier molecular flexibility index (Phi) is 9.04. The number of alkyl halides is 3. The van der Waals surface area contributed by atoms with Gasteiger partial charge in [0, 0.05) is 62.9 Å². The molecule has 14 heteroatoms. The molecule has 2 aromatic carbocycles. The second kappa shape index (κ2) is 11.9. The molecule has 39 heavy (non-hydrogen) atoms. The molecule has 2 saturated heterocycles. The number of nitrogens with one attached hydrogen (secondary N) is 1. The zero-order valence-electron chi connectivity index (χ0n) is 20.9. The van der Waals surface area contributed by atoms with Crippen LogP contribution >= 0.6 is 11.6 Å². The van der Waals surface area contributed by atoms with E-state index < -0.39 is 45.5 Å². The van der Waals surface area contributed by atoms with Crippen LogP contribution < -0.4 is 10.2 Å². The highest BCUT2D eigenvalue weighted by Gasteiger charge is 2.29. The highest BCUT2D eigenvalue weighted by atomic mass is 35.5. The standard InChI is InChI=1S/C25H28ClF5N4O3S/c26-18-2-4-20(21(15-18)35-9-7-33(8-10-35)6-5-25(29,30)31)32-24(36)19-3-1-17(22(27)23(19)28)16-34-11-13-39(37,38)14-12-34/h1-4,15H,5-14,16H2,(H,32,36).